The maximum absolute atomic E-state index is 9.93. The Bertz CT molecular complexity index is 453. The Labute approximate surface area is 101 Å². The molecule has 0 aliphatic rings. The third kappa shape index (κ3) is 3.15. The van der Waals surface area contributed by atoms with Crippen LogP contribution in [0, 0.1) is 6.92 Å². The Morgan fingerprint density at radius 1 is 1.35 bits per heavy atom. The van der Waals surface area contributed by atoms with Gasteiger partial charge in [-0.2, -0.15) is 5.10 Å². The number of aliphatic hydroxyl groups excluding tert-OH is 1. The molecule has 0 unspecified atom stereocenters. The average molecular weight is 231 g/mol. The van der Waals surface area contributed by atoms with E-state index in [1.807, 2.05) is 37.3 Å². The van der Waals surface area contributed by atoms with Crippen molar-refractivity contribution < 1.29 is 5.11 Å². The molecule has 1 atom stereocenters. The molecule has 0 saturated heterocycles. The summed E-state index contributed by atoms with van der Waals surface area (Å²) in [5, 5.41) is 20.0. The van der Waals surface area contributed by atoms with Crippen molar-refractivity contribution in [2.75, 3.05) is 6.54 Å². The van der Waals surface area contributed by atoms with Gasteiger partial charge >= 0.3 is 0 Å². The van der Waals surface area contributed by atoms with E-state index in [1.165, 1.54) is 0 Å². The van der Waals surface area contributed by atoms with Crippen LogP contribution < -0.4 is 5.32 Å². The number of rotatable bonds is 5. The summed E-state index contributed by atoms with van der Waals surface area (Å²) in [4.78, 5) is 0. The zero-order chi connectivity index (χ0) is 12.1. The summed E-state index contributed by atoms with van der Waals surface area (Å²) >= 11 is 0. The van der Waals surface area contributed by atoms with E-state index in [4.69, 9.17) is 0 Å². The minimum Gasteiger partial charge on any atom is -0.387 e. The lowest BCUT2D eigenvalue weighted by Gasteiger charge is -2.11. The van der Waals surface area contributed by atoms with E-state index in [2.05, 4.69) is 15.5 Å². The van der Waals surface area contributed by atoms with E-state index in [0.29, 0.717) is 13.1 Å². The number of hydrogen-bond donors (Lipinski definition) is 3. The maximum atomic E-state index is 9.93. The summed E-state index contributed by atoms with van der Waals surface area (Å²) in [5.74, 6) is 0. The fraction of sp³-hybridized carbons (Fsp3) is 0.308. The van der Waals surface area contributed by atoms with Gasteiger partial charge in [0.2, 0.25) is 0 Å². The van der Waals surface area contributed by atoms with Crippen LogP contribution in [0.5, 0.6) is 0 Å². The van der Waals surface area contributed by atoms with Crippen molar-refractivity contribution in [2.45, 2.75) is 19.6 Å². The molecule has 1 aromatic heterocycles. The minimum atomic E-state index is -0.469. The number of aromatic nitrogens is 2. The number of aromatic amines is 1. The molecule has 4 heteroatoms. The van der Waals surface area contributed by atoms with Crippen molar-refractivity contribution in [3.63, 3.8) is 0 Å². The van der Waals surface area contributed by atoms with Crippen LogP contribution >= 0.6 is 0 Å². The predicted molar refractivity (Wildman–Crippen MR) is 66.4 cm³/mol. The normalized spacial score (nSPS) is 12.6. The second-order valence-corrected chi connectivity index (χ2v) is 4.08. The minimum absolute atomic E-state index is 0.469. The van der Waals surface area contributed by atoms with E-state index >= 15 is 0 Å². The van der Waals surface area contributed by atoms with E-state index in [9.17, 15) is 5.11 Å². The zero-order valence-corrected chi connectivity index (χ0v) is 9.85. The van der Waals surface area contributed by atoms with Crippen molar-refractivity contribution in [2.24, 2.45) is 0 Å². The number of aliphatic hydroxyl groups is 1. The number of nitrogens with zero attached hydrogens (tertiary/aromatic N) is 1. The number of nitrogens with one attached hydrogen (secondary N) is 2. The van der Waals surface area contributed by atoms with Gasteiger partial charge in [0.05, 0.1) is 12.3 Å². The lowest BCUT2D eigenvalue weighted by Crippen LogP contribution is -2.21. The molecule has 3 N–H and O–H groups in total. The van der Waals surface area contributed by atoms with Crippen LogP contribution in [0.2, 0.25) is 0 Å². The second-order valence-electron chi connectivity index (χ2n) is 4.08. The Morgan fingerprint density at radius 3 is 2.76 bits per heavy atom. The third-order valence-corrected chi connectivity index (χ3v) is 2.77. The zero-order valence-electron chi connectivity index (χ0n) is 9.85. The van der Waals surface area contributed by atoms with Crippen LogP contribution in [0.4, 0.5) is 0 Å². The highest BCUT2D eigenvalue weighted by Gasteiger charge is 2.06. The molecule has 1 heterocycles. The number of benzene rings is 1. The van der Waals surface area contributed by atoms with Crippen LogP contribution in [0.15, 0.2) is 36.5 Å². The van der Waals surface area contributed by atoms with Gasteiger partial charge in [-0.05, 0) is 12.5 Å². The van der Waals surface area contributed by atoms with Gasteiger partial charge in [-0.1, -0.05) is 30.3 Å². The highest BCUT2D eigenvalue weighted by Crippen LogP contribution is 2.11. The number of H-pyrrole nitrogens is 1. The fourth-order valence-corrected chi connectivity index (χ4v) is 1.69. The summed E-state index contributed by atoms with van der Waals surface area (Å²) in [6.07, 6.45) is 1.33. The van der Waals surface area contributed by atoms with Crippen LogP contribution in [0.1, 0.15) is 22.9 Å². The van der Waals surface area contributed by atoms with E-state index in [-0.39, 0.29) is 0 Å². The summed E-state index contributed by atoms with van der Waals surface area (Å²) in [7, 11) is 0. The van der Waals surface area contributed by atoms with Gasteiger partial charge in [0.1, 0.15) is 0 Å². The largest absolute Gasteiger partial charge is 0.387 e. The molecular weight excluding hydrogens is 214 g/mol. The second kappa shape index (κ2) is 5.61. The molecule has 0 amide bonds. The van der Waals surface area contributed by atoms with E-state index < -0.39 is 6.10 Å². The quantitative estimate of drug-likeness (QED) is 0.731. The lowest BCUT2D eigenvalue weighted by molar-refractivity contribution is 0.174. The Morgan fingerprint density at radius 2 is 2.12 bits per heavy atom. The van der Waals surface area contributed by atoms with Crippen LogP contribution in [0.25, 0.3) is 0 Å². The van der Waals surface area contributed by atoms with Gasteiger partial charge in [-0.25, -0.2) is 0 Å². The van der Waals surface area contributed by atoms with Crippen molar-refractivity contribution in [1.29, 1.82) is 0 Å². The third-order valence-electron chi connectivity index (χ3n) is 2.77. The first kappa shape index (κ1) is 11.8. The number of hydrogen-bond acceptors (Lipinski definition) is 3. The van der Waals surface area contributed by atoms with Gasteiger partial charge in [0.15, 0.2) is 0 Å². The van der Waals surface area contributed by atoms with E-state index in [0.717, 1.165) is 16.8 Å². The smallest absolute Gasteiger partial charge is 0.0914 e. The van der Waals surface area contributed by atoms with Gasteiger partial charge in [0, 0.05) is 24.3 Å². The highest BCUT2D eigenvalue weighted by atomic mass is 16.3. The molecule has 0 aliphatic carbocycles. The highest BCUT2D eigenvalue weighted by molar-refractivity contribution is 5.18. The molecular formula is C13H17N3O. The molecule has 0 saturated carbocycles. The topological polar surface area (TPSA) is 60.9 Å². The molecule has 4 nitrogen and oxygen atoms in total. The molecule has 17 heavy (non-hydrogen) atoms. The maximum Gasteiger partial charge on any atom is 0.0914 e. The molecule has 2 aromatic rings. The van der Waals surface area contributed by atoms with E-state index in [1.54, 1.807) is 6.20 Å². The van der Waals surface area contributed by atoms with Crippen molar-refractivity contribution >= 4 is 0 Å². The molecule has 0 radical (unpaired) electrons. The summed E-state index contributed by atoms with van der Waals surface area (Å²) in [6.45, 7) is 3.23. The summed E-state index contributed by atoms with van der Waals surface area (Å²) < 4.78 is 0. The number of aryl methyl sites for hydroxylation is 1. The lowest BCUT2D eigenvalue weighted by atomic mass is 10.1. The Kier molecular flexibility index (Phi) is 3.90. The molecule has 0 aliphatic heterocycles. The van der Waals surface area contributed by atoms with Crippen LogP contribution in [-0.2, 0) is 6.54 Å². The first-order valence-electron chi connectivity index (χ1n) is 5.70. The Hall–Kier alpha value is -1.65. The van der Waals surface area contributed by atoms with Crippen molar-refractivity contribution in [3.05, 3.63) is 53.3 Å². The Balaban J connectivity index is 1.81. The predicted octanol–water partition coefficient (Wildman–Crippen LogP) is 1.54. The molecule has 2 rings (SSSR count). The van der Waals surface area contributed by atoms with Crippen molar-refractivity contribution in [1.82, 2.24) is 15.5 Å². The average Bonchev–Trinajstić information content (AvgIpc) is 2.76. The van der Waals surface area contributed by atoms with Gasteiger partial charge in [-0.3, -0.25) is 5.10 Å². The van der Waals surface area contributed by atoms with Gasteiger partial charge < -0.3 is 10.4 Å². The standard InChI is InChI=1S/C13H17N3O/c1-10-12(8-15-16-10)7-14-9-13(17)11-5-3-2-4-6-11/h2-6,8,13-14,17H,7,9H2,1H3,(H,15,16)/t13-/m0/s1. The SMILES string of the molecule is Cc1[nH]ncc1CNC[C@H](O)c1ccccc1. The molecule has 90 valence electrons. The van der Waals surface area contributed by atoms with Gasteiger partial charge in [-0.15, -0.1) is 0 Å². The molecule has 0 spiro atoms. The van der Waals surface area contributed by atoms with Gasteiger partial charge in [0.25, 0.3) is 0 Å². The summed E-state index contributed by atoms with van der Waals surface area (Å²) in [6, 6.07) is 9.65. The molecule has 0 fully saturated rings. The first-order chi connectivity index (χ1) is 8.27. The fourth-order valence-electron chi connectivity index (χ4n) is 1.69. The molecule has 1 aromatic carbocycles. The summed E-state index contributed by atoms with van der Waals surface area (Å²) in [5.41, 5.74) is 3.13. The first-order valence-corrected chi connectivity index (χ1v) is 5.70. The monoisotopic (exact) mass is 231 g/mol. The van der Waals surface area contributed by atoms with Crippen molar-refractivity contribution in [3.8, 4) is 0 Å². The molecule has 0 bridgehead atoms. The van der Waals surface area contributed by atoms with Crippen LogP contribution in [-0.4, -0.2) is 21.8 Å². The van der Waals surface area contributed by atoms with Crippen LogP contribution in [0.3, 0.4) is 0 Å².